The molecule has 0 aromatic heterocycles. The molecule has 27 heavy (non-hydrogen) atoms. The molecule has 0 aliphatic rings. The Labute approximate surface area is 189 Å². The van der Waals surface area contributed by atoms with Crippen molar-refractivity contribution in [2.24, 2.45) is 0 Å². The van der Waals surface area contributed by atoms with Gasteiger partial charge >= 0.3 is 41.5 Å². The molecule has 152 valence electrons. The number of carboxylic acids is 1. The van der Waals surface area contributed by atoms with Gasteiger partial charge in [0.25, 0.3) is 0 Å². The summed E-state index contributed by atoms with van der Waals surface area (Å²) in [5, 5.41) is 20.8. The molecule has 0 fully saturated rings. The van der Waals surface area contributed by atoms with Gasteiger partial charge in [0.1, 0.15) is 5.60 Å². The first-order valence-corrected chi connectivity index (χ1v) is 9.66. The molecule has 0 aliphatic carbocycles. The molecule has 0 saturated carbocycles. The Morgan fingerprint density at radius 2 is 1.33 bits per heavy atom. The van der Waals surface area contributed by atoms with E-state index >= 15 is 0 Å². The molecule has 0 aromatic rings. The number of aliphatic carboxylic acids is 1. The van der Waals surface area contributed by atoms with Crippen LogP contribution < -0.4 is 34.7 Å². The van der Waals surface area contributed by atoms with E-state index in [0.717, 1.165) is 19.3 Å². The quantitative estimate of drug-likeness (QED) is 0.111. The monoisotopic (exact) mass is 414 g/mol. The van der Waals surface area contributed by atoms with Crippen LogP contribution in [0.4, 0.5) is 0 Å². The predicted octanol–water partition coefficient (Wildman–Crippen LogP) is -0.896. The molecule has 9 heteroatoms. The number of hydrogen-bond donors (Lipinski definition) is 2. The Morgan fingerprint density at radius 1 is 0.889 bits per heavy atom. The summed E-state index contributed by atoms with van der Waals surface area (Å²) in [6.07, 6.45) is 9.58. The summed E-state index contributed by atoms with van der Waals surface area (Å²) >= 11 is 3.22. The SMILES string of the molecule is CCCCCCCCCCCCOC(=O)CC(O)(CC(=O)OS)C(=O)[O-].[Na+]. The third-order valence-corrected chi connectivity index (χ3v) is 4.32. The second-order valence-corrected chi connectivity index (χ2v) is 6.72. The number of esters is 1. The number of thiol groups is 1. The van der Waals surface area contributed by atoms with Crippen molar-refractivity contribution in [1.29, 1.82) is 0 Å². The normalized spacial score (nSPS) is 12.6. The molecule has 0 saturated heterocycles. The van der Waals surface area contributed by atoms with Crippen LogP contribution in [-0.4, -0.2) is 35.2 Å². The zero-order chi connectivity index (χ0) is 19.8. The molecule has 0 heterocycles. The third-order valence-electron chi connectivity index (χ3n) is 4.12. The van der Waals surface area contributed by atoms with Gasteiger partial charge in [0.05, 0.1) is 25.4 Å². The van der Waals surface area contributed by atoms with Crippen molar-refractivity contribution in [2.75, 3.05) is 6.61 Å². The minimum atomic E-state index is -2.66. The summed E-state index contributed by atoms with van der Waals surface area (Å²) in [5.41, 5.74) is -2.66. The smallest absolute Gasteiger partial charge is 0.547 e. The molecule has 1 unspecified atom stereocenters. The van der Waals surface area contributed by atoms with Crippen molar-refractivity contribution in [3.8, 4) is 0 Å². The van der Waals surface area contributed by atoms with E-state index in [1.807, 2.05) is 0 Å². The van der Waals surface area contributed by atoms with Crippen molar-refractivity contribution < 1.29 is 63.1 Å². The summed E-state index contributed by atoms with van der Waals surface area (Å²) in [6.45, 7) is 2.34. The second-order valence-electron chi connectivity index (χ2n) is 6.54. The summed E-state index contributed by atoms with van der Waals surface area (Å²) < 4.78 is 8.92. The van der Waals surface area contributed by atoms with Gasteiger partial charge in [0, 0.05) is 12.9 Å². The fraction of sp³-hybridized carbons (Fsp3) is 0.833. The Morgan fingerprint density at radius 3 is 1.78 bits per heavy atom. The van der Waals surface area contributed by atoms with Gasteiger partial charge in [-0.25, -0.2) is 0 Å². The summed E-state index contributed by atoms with van der Waals surface area (Å²) in [4.78, 5) is 33.7. The number of carbonyl (C=O) groups is 3. The van der Waals surface area contributed by atoms with E-state index < -0.39 is 36.4 Å². The summed E-state index contributed by atoms with van der Waals surface area (Å²) in [7, 11) is 0. The van der Waals surface area contributed by atoms with Crippen LogP contribution in [-0.2, 0) is 23.3 Å². The van der Waals surface area contributed by atoms with E-state index in [9.17, 15) is 24.6 Å². The number of hydrogen-bond acceptors (Lipinski definition) is 8. The number of carboxylic acid groups (broad SMARTS) is 1. The number of ether oxygens (including phenoxy) is 1. The molecule has 7 nitrogen and oxygen atoms in total. The van der Waals surface area contributed by atoms with Crippen molar-refractivity contribution >= 4 is 30.8 Å². The molecule has 1 N–H and O–H groups in total. The van der Waals surface area contributed by atoms with Crippen molar-refractivity contribution in [3.05, 3.63) is 0 Å². The van der Waals surface area contributed by atoms with Crippen LogP contribution in [0, 0.1) is 0 Å². The minimum absolute atomic E-state index is 0. The zero-order valence-corrected chi connectivity index (χ0v) is 19.4. The van der Waals surface area contributed by atoms with Crippen molar-refractivity contribution in [3.63, 3.8) is 0 Å². The van der Waals surface area contributed by atoms with Crippen LogP contribution in [0.5, 0.6) is 0 Å². The molecule has 0 amide bonds. The van der Waals surface area contributed by atoms with Gasteiger partial charge in [0.15, 0.2) is 0 Å². The Kier molecular flexibility index (Phi) is 19.1. The van der Waals surface area contributed by atoms with Gasteiger partial charge in [-0.3, -0.25) is 9.59 Å². The molecular weight excluding hydrogens is 383 g/mol. The molecule has 0 bridgehead atoms. The molecule has 1 atom stereocenters. The van der Waals surface area contributed by atoms with Crippen LogP contribution in [0.3, 0.4) is 0 Å². The Bertz CT molecular complexity index is 434. The van der Waals surface area contributed by atoms with Gasteiger partial charge in [-0.05, 0) is 6.42 Å². The topological polar surface area (TPSA) is 113 Å². The van der Waals surface area contributed by atoms with Gasteiger partial charge in [-0.15, -0.1) is 0 Å². The molecular formula is C18H31NaO7S. The van der Waals surface area contributed by atoms with Crippen LogP contribution in [0.1, 0.15) is 84.0 Å². The van der Waals surface area contributed by atoms with Crippen LogP contribution in [0.2, 0.25) is 0 Å². The first-order valence-electron chi connectivity index (χ1n) is 9.29. The molecule has 0 spiro atoms. The number of unbranched alkanes of at least 4 members (excludes halogenated alkanes) is 9. The van der Waals surface area contributed by atoms with Crippen molar-refractivity contribution in [2.45, 2.75) is 89.6 Å². The third kappa shape index (κ3) is 15.3. The van der Waals surface area contributed by atoms with Crippen LogP contribution >= 0.6 is 12.9 Å². The average molecular weight is 414 g/mol. The first kappa shape index (κ1) is 28.9. The second kappa shape index (κ2) is 17.8. The van der Waals surface area contributed by atoms with E-state index in [1.54, 1.807) is 0 Å². The predicted molar refractivity (Wildman–Crippen MR) is 97.1 cm³/mol. The Balaban J connectivity index is 0. The fourth-order valence-electron chi connectivity index (χ4n) is 2.54. The van der Waals surface area contributed by atoms with Gasteiger partial charge in [-0.1, -0.05) is 64.7 Å². The van der Waals surface area contributed by atoms with Crippen molar-refractivity contribution in [1.82, 2.24) is 0 Å². The van der Waals surface area contributed by atoms with E-state index in [4.69, 9.17) is 4.74 Å². The largest absolute Gasteiger partial charge is 1.00 e. The number of carbonyl (C=O) groups excluding carboxylic acids is 3. The fourth-order valence-corrected chi connectivity index (χ4v) is 2.61. The van der Waals surface area contributed by atoms with E-state index in [1.165, 1.54) is 38.5 Å². The van der Waals surface area contributed by atoms with E-state index in [-0.39, 0.29) is 36.2 Å². The maximum absolute atomic E-state index is 11.6. The standard InChI is InChI=1S/C18H32O7S.Na/c1-2-3-4-5-6-7-8-9-10-11-12-24-15(19)13-18(23,17(21)22)14-16(20)25-26;/h23,26H,2-14H2,1H3,(H,21,22);/q;+1/p-1. The molecule has 0 rings (SSSR count). The summed E-state index contributed by atoms with van der Waals surface area (Å²) in [6, 6.07) is 0. The molecule has 0 aliphatic heterocycles. The van der Waals surface area contributed by atoms with E-state index in [2.05, 4.69) is 24.0 Å². The number of rotatable bonds is 16. The number of aliphatic hydroxyl groups is 1. The average Bonchev–Trinajstić information content (AvgIpc) is 2.59. The first-order chi connectivity index (χ1) is 12.4. The van der Waals surface area contributed by atoms with E-state index in [0.29, 0.717) is 6.42 Å². The molecule has 0 aromatic carbocycles. The zero-order valence-electron chi connectivity index (χ0n) is 16.5. The van der Waals surface area contributed by atoms with Crippen LogP contribution in [0.25, 0.3) is 0 Å². The minimum Gasteiger partial charge on any atom is -0.547 e. The van der Waals surface area contributed by atoms with Gasteiger partial charge in [0.2, 0.25) is 0 Å². The maximum Gasteiger partial charge on any atom is 1.00 e. The summed E-state index contributed by atoms with van der Waals surface area (Å²) in [5.74, 6) is -3.92. The van der Waals surface area contributed by atoms with Crippen LogP contribution in [0.15, 0.2) is 0 Å². The Hall–Kier alpha value is -0.280. The molecule has 0 radical (unpaired) electrons. The van der Waals surface area contributed by atoms with Gasteiger partial charge < -0.3 is 23.9 Å². The van der Waals surface area contributed by atoms with Gasteiger partial charge in [-0.2, -0.15) is 0 Å². The maximum atomic E-state index is 11.6.